The zero-order valence-electron chi connectivity index (χ0n) is 8.36. The summed E-state index contributed by atoms with van der Waals surface area (Å²) in [6, 6.07) is 5.52. The normalized spacial score (nSPS) is 9.33. The number of carbonyl (C=O) groups is 1. The van der Waals surface area contributed by atoms with Crippen LogP contribution in [0.5, 0.6) is 0 Å². The lowest BCUT2D eigenvalue weighted by molar-refractivity contribution is -0.120. The smallest absolute Gasteiger partial charge is 0.225 e. The standard InChI is InChI=1S/C10H11N3OS/c1-15-10-8(3-2-5-13-10)7-9(14)12-6-4-11/h2-3,5H,6-7H2,1H3,(H,12,14). The number of thioether (sulfide) groups is 1. The number of aromatic nitrogens is 1. The average molecular weight is 221 g/mol. The maximum Gasteiger partial charge on any atom is 0.225 e. The zero-order valence-corrected chi connectivity index (χ0v) is 9.17. The summed E-state index contributed by atoms with van der Waals surface area (Å²) < 4.78 is 0. The van der Waals surface area contributed by atoms with Gasteiger partial charge in [-0.05, 0) is 17.9 Å². The van der Waals surface area contributed by atoms with Crippen molar-refractivity contribution in [3.63, 3.8) is 0 Å². The van der Waals surface area contributed by atoms with Gasteiger partial charge >= 0.3 is 0 Å². The van der Waals surface area contributed by atoms with Gasteiger partial charge in [-0.25, -0.2) is 4.98 Å². The van der Waals surface area contributed by atoms with Crippen LogP contribution in [0.15, 0.2) is 23.4 Å². The number of nitrogens with zero attached hydrogens (tertiary/aromatic N) is 2. The molecule has 0 aliphatic heterocycles. The Morgan fingerprint density at radius 1 is 1.73 bits per heavy atom. The van der Waals surface area contributed by atoms with Crippen LogP contribution in [0, 0.1) is 11.3 Å². The van der Waals surface area contributed by atoms with E-state index in [9.17, 15) is 4.79 Å². The second-order valence-electron chi connectivity index (χ2n) is 2.78. The van der Waals surface area contributed by atoms with E-state index < -0.39 is 0 Å². The Balaban J connectivity index is 2.64. The molecule has 0 unspecified atom stereocenters. The van der Waals surface area contributed by atoms with E-state index in [2.05, 4.69) is 10.3 Å². The first-order valence-corrected chi connectivity index (χ1v) is 5.62. The Morgan fingerprint density at radius 2 is 2.53 bits per heavy atom. The molecule has 0 bridgehead atoms. The Hall–Kier alpha value is -1.54. The van der Waals surface area contributed by atoms with Crippen molar-refractivity contribution in [2.45, 2.75) is 11.4 Å². The van der Waals surface area contributed by atoms with Gasteiger partial charge in [-0.2, -0.15) is 5.26 Å². The lowest BCUT2D eigenvalue weighted by Crippen LogP contribution is -2.25. The van der Waals surface area contributed by atoms with Crippen LogP contribution < -0.4 is 5.32 Å². The van der Waals surface area contributed by atoms with E-state index >= 15 is 0 Å². The van der Waals surface area contributed by atoms with Gasteiger partial charge in [0.2, 0.25) is 5.91 Å². The third-order valence-corrected chi connectivity index (χ3v) is 2.51. The number of hydrogen-bond donors (Lipinski definition) is 1. The maximum atomic E-state index is 11.3. The quantitative estimate of drug-likeness (QED) is 0.608. The molecule has 1 amide bonds. The highest BCUT2D eigenvalue weighted by molar-refractivity contribution is 7.98. The molecule has 0 spiro atoms. The van der Waals surface area contributed by atoms with Crippen LogP contribution in [0.1, 0.15) is 5.56 Å². The van der Waals surface area contributed by atoms with Crippen LogP contribution in [0.2, 0.25) is 0 Å². The largest absolute Gasteiger partial charge is 0.343 e. The summed E-state index contributed by atoms with van der Waals surface area (Å²) in [4.78, 5) is 15.5. The molecule has 1 heterocycles. The molecular weight excluding hydrogens is 210 g/mol. The molecule has 4 nitrogen and oxygen atoms in total. The highest BCUT2D eigenvalue weighted by atomic mass is 32.2. The Labute approximate surface area is 92.7 Å². The van der Waals surface area contributed by atoms with Crippen molar-refractivity contribution in [3.8, 4) is 6.07 Å². The summed E-state index contributed by atoms with van der Waals surface area (Å²) in [5.74, 6) is -0.153. The molecular formula is C10H11N3OS. The molecule has 1 aromatic rings. The van der Waals surface area contributed by atoms with Crippen molar-refractivity contribution in [3.05, 3.63) is 23.9 Å². The van der Waals surface area contributed by atoms with Crippen LogP contribution >= 0.6 is 11.8 Å². The number of carbonyl (C=O) groups excluding carboxylic acids is 1. The summed E-state index contributed by atoms with van der Waals surface area (Å²) in [6.45, 7) is 0.0493. The van der Waals surface area contributed by atoms with Crippen molar-refractivity contribution in [2.24, 2.45) is 0 Å². The molecule has 0 atom stereocenters. The molecule has 1 aromatic heterocycles. The van der Waals surface area contributed by atoms with E-state index in [1.54, 1.807) is 12.3 Å². The minimum absolute atomic E-state index is 0.0493. The molecule has 1 rings (SSSR count). The van der Waals surface area contributed by atoms with Crippen LogP contribution in [0.3, 0.4) is 0 Å². The summed E-state index contributed by atoms with van der Waals surface area (Å²) in [7, 11) is 0. The van der Waals surface area contributed by atoms with Gasteiger partial charge in [-0.3, -0.25) is 4.79 Å². The second-order valence-corrected chi connectivity index (χ2v) is 3.58. The van der Waals surface area contributed by atoms with Crippen LogP contribution in [0.4, 0.5) is 0 Å². The van der Waals surface area contributed by atoms with E-state index in [0.29, 0.717) is 0 Å². The van der Waals surface area contributed by atoms with Gasteiger partial charge in [-0.1, -0.05) is 6.07 Å². The summed E-state index contributed by atoms with van der Waals surface area (Å²) in [6.07, 6.45) is 3.88. The fourth-order valence-corrected chi connectivity index (χ4v) is 1.68. The van der Waals surface area contributed by atoms with Gasteiger partial charge < -0.3 is 5.32 Å². The summed E-state index contributed by atoms with van der Waals surface area (Å²) >= 11 is 1.51. The molecule has 0 aliphatic carbocycles. The second kappa shape index (κ2) is 6.04. The Bertz CT molecular complexity index is 386. The topological polar surface area (TPSA) is 65.8 Å². The zero-order chi connectivity index (χ0) is 11.1. The van der Waals surface area contributed by atoms with Gasteiger partial charge in [0, 0.05) is 6.20 Å². The minimum Gasteiger partial charge on any atom is -0.343 e. The highest BCUT2D eigenvalue weighted by Gasteiger charge is 2.07. The first-order valence-electron chi connectivity index (χ1n) is 4.39. The van der Waals surface area contributed by atoms with E-state index in [0.717, 1.165) is 10.6 Å². The van der Waals surface area contributed by atoms with Crippen molar-refractivity contribution < 1.29 is 4.79 Å². The number of rotatable bonds is 4. The van der Waals surface area contributed by atoms with Crippen molar-refractivity contribution in [2.75, 3.05) is 12.8 Å². The predicted octanol–water partition coefficient (Wildman–Crippen LogP) is 0.986. The van der Waals surface area contributed by atoms with Crippen LogP contribution in [0.25, 0.3) is 0 Å². The predicted molar refractivity (Wildman–Crippen MR) is 58.3 cm³/mol. The minimum atomic E-state index is -0.153. The molecule has 15 heavy (non-hydrogen) atoms. The fourth-order valence-electron chi connectivity index (χ4n) is 1.12. The third-order valence-electron chi connectivity index (χ3n) is 1.76. The molecule has 0 radical (unpaired) electrons. The average Bonchev–Trinajstić information content (AvgIpc) is 2.27. The first-order chi connectivity index (χ1) is 7.27. The molecule has 0 saturated heterocycles. The molecule has 0 aliphatic rings. The first kappa shape index (κ1) is 11.5. The summed E-state index contributed by atoms with van der Waals surface area (Å²) in [5, 5.41) is 11.6. The molecule has 0 fully saturated rings. The lowest BCUT2D eigenvalue weighted by Gasteiger charge is -2.05. The number of pyridine rings is 1. The molecule has 0 aromatic carbocycles. The Kier molecular flexibility index (Phi) is 4.64. The van der Waals surface area contributed by atoms with Crippen molar-refractivity contribution in [1.29, 1.82) is 5.26 Å². The summed E-state index contributed by atoms with van der Waals surface area (Å²) in [5.41, 5.74) is 0.889. The van der Waals surface area contributed by atoms with Gasteiger partial charge in [0.15, 0.2) is 0 Å². The fraction of sp³-hybridized carbons (Fsp3) is 0.300. The Morgan fingerprint density at radius 3 is 3.20 bits per heavy atom. The van der Waals surface area contributed by atoms with E-state index in [1.807, 2.05) is 18.4 Å². The van der Waals surface area contributed by atoms with Gasteiger partial charge in [0.1, 0.15) is 6.54 Å². The number of nitrogens with one attached hydrogen (secondary N) is 1. The maximum absolute atomic E-state index is 11.3. The van der Waals surface area contributed by atoms with Crippen molar-refractivity contribution in [1.82, 2.24) is 10.3 Å². The third kappa shape index (κ3) is 3.60. The van der Waals surface area contributed by atoms with Crippen LogP contribution in [-0.2, 0) is 11.2 Å². The number of amides is 1. The number of hydrogen-bond acceptors (Lipinski definition) is 4. The molecule has 5 heteroatoms. The lowest BCUT2D eigenvalue weighted by atomic mass is 10.2. The van der Waals surface area contributed by atoms with Gasteiger partial charge in [-0.15, -0.1) is 11.8 Å². The van der Waals surface area contributed by atoms with Crippen LogP contribution in [-0.4, -0.2) is 23.7 Å². The highest BCUT2D eigenvalue weighted by Crippen LogP contribution is 2.16. The van der Waals surface area contributed by atoms with Gasteiger partial charge in [0.05, 0.1) is 17.5 Å². The van der Waals surface area contributed by atoms with Crippen molar-refractivity contribution >= 4 is 17.7 Å². The molecule has 1 N–H and O–H groups in total. The SMILES string of the molecule is CSc1ncccc1CC(=O)NCC#N. The van der Waals surface area contributed by atoms with E-state index in [4.69, 9.17) is 5.26 Å². The van der Waals surface area contributed by atoms with Gasteiger partial charge in [0.25, 0.3) is 0 Å². The number of nitriles is 1. The monoisotopic (exact) mass is 221 g/mol. The van der Waals surface area contributed by atoms with E-state index in [1.165, 1.54) is 11.8 Å². The molecule has 78 valence electrons. The molecule has 0 saturated carbocycles. The van der Waals surface area contributed by atoms with E-state index in [-0.39, 0.29) is 18.9 Å².